The maximum atomic E-state index is 13.7. The van der Waals surface area contributed by atoms with Crippen LogP contribution in [0.2, 0.25) is 0 Å². The quantitative estimate of drug-likeness (QED) is 0.164. The maximum absolute atomic E-state index is 13.7. The van der Waals surface area contributed by atoms with E-state index in [1.807, 2.05) is 169 Å². The molecule has 0 atom stereocenters. The molecular weight excluding hydrogens is 1500 g/mol. The largest absolute Gasteiger partial charge is 0.355 e. The predicted octanol–water partition coefficient (Wildman–Crippen LogP) is 25.7. The number of H-pyrrole nitrogens is 1. The Kier molecular flexibility index (Phi) is 16.9. The Morgan fingerprint density at radius 1 is 0.269 bits per heavy atom. The Labute approximate surface area is 693 Å². The zero-order chi connectivity index (χ0) is 79.3. The van der Waals surface area contributed by atoms with Gasteiger partial charge in [-0.2, -0.15) is 10.5 Å². The molecule has 2 aliphatic heterocycles. The first-order valence-corrected chi connectivity index (χ1v) is 41.0. The minimum absolute atomic E-state index is 0.0459. The summed E-state index contributed by atoms with van der Waals surface area (Å²) in [5.41, 5.74) is 25.6. The van der Waals surface area contributed by atoms with Gasteiger partial charge in [-0.05, 0) is 164 Å². The third-order valence-corrected chi connectivity index (χ3v) is 25.8. The van der Waals surface area contributed by atoms with Gasteiger partial charge in [0.05, 0.1) is 38.7 Å². The van der Waals surface area contributed by atoms with Crippen LogP contribution in [0, 0.1) is 28.5 Å². The number of hydrogen-bond acceptors (Lipinski definition) is 10. The van der Waals surface area contributed by atoms with Crippen molar-refractivity contribution in [2.75, 3.05) is 0 Å². The first kappa shape index (κ1) is 70.4. The van der Waals surface area contributed by atoms with E-state index in [0.717, 1.165) is 55.3 Å². The Morgan fingerprint density at radius 3 is 1.09 bits per heavy atom. The number of aromatic amines is 1. The summed E-state index contributed by atoms with van der Waals surface area (Å²) in [7, 11) is 0. The summed E-state index contributed by atoms with van der Waals surface area (Å²) >= 11 is 3.74. The average Bonchev–Trinajstić information content (AvgIpc) is 1.53. The molecule has 10 nitrogen and oxygen atoms in total. The van der Waals surface area contributed by atoms with Gasteiger partial charge < -0.3 is 9.55 Å². The van der Waals surface area contributed by atoms with Crippen molar-refractivity contribution >= 4 is 67.1 Å². The summed E-state index contributed by atoms with van der Waals surface area (Å²) in [6.07, 6.45) is 0. The van der Waals surface area contributed by atoms with E-state index in [4.69, 9.17) is 20.2 Å². The van der Waals surface area contributed by atoms with Gasteiger partial charge in [0.25, 0.3) is 0 Å². The highest BCUT2D eigenvalue weighted by Gasteiger charge is 2.52. The smallest absolute Gasteiger partial charge is 0.164 e. The molecule has 4 aliphatic rings. The van der Waals surface area contributed by atoms with Crippen molar-refractivity contribution in [3.8, 4) is 108 Å². The Balaban J connectivity index is 0.000000119. The Morgan fingerprint density at radius 2 is 0.630 bits per heavy atom. The third kappa shape index (κ3) is 11.4. The second-order valence-corrected chi connectivity index (χ2v) is 32.1. The highest BCUT2D eigenvalue weighted by Crippen LogP contribution is 2.65. The zero-order valence-corrected chi connectivity index (χ0v) is 65.1. The SMILES string of the molecule is N#Cc1cc(-c2nc(-c3ccccc3)nc(-c3ccccc3)n2)ccc1-n1c2ccccc2c2cc3c(cc21)C1(c2ccccc2Sc2ccccc21)c1ccccc1-3.N#Cc1cc(-c2nc(-c3ccccc3)nc(-c3ccccc3)n2)ccc1F.c1ccc2c(c1)Sc1ccccc1C21c2ccccc2-c2cc3c(cc21)[nH]c1ccccc13. The lowest BCUT2D eigenvalue weighted by Gasteiger charge is -2.39. The summed E-state index contributed by atoms with van der Waals surface area (Å²) in [4.78, 5) is 37.4. The van der Waals surface area contributed by atoms with Crippen molar-refractivity contribution in [1.29, 1.82) is 10.5 Å². The van der Waals surface area contributed by atoms with Gasteiger partial charge in [-0.25, -0.2) is 34.3 Å². The van der Waals surface area contributed by atoms with Crippen LogP contribution < -0.4 is 0 Å². The van der Waals surface area contributed by atoms with Crippen LogP contribution in [0.3, 0.4) is 0 Å². The van der Waals surface area contributed by atoms with Crippen LogP contribution in [0.4, 0.5) is 4.39 Å². The van der Waals surface area contributed by atoms with Gasteiger partial charge in [0.1, 0.15) is 18.0 Å². The molecule has 24 rings (SSSR count). The van der Waals surface area contributed by atoms with Crippen LogP contribution >= 0.6 is 23.5 Å². The van der Waals surface area contributed by atoms with Crippen molar-refractivity contribution in [2.24, 2.45) is 0 Å². The minimum atomic E-state index is -0.568. The molecular formula is C106H63FN10S2. The Hall–Kier alpha value is -15.3. The highest BCUT2D eigenvalue weighted by molar-refractivity contribution is 7.99. The molecule has 4 aromatic heterocycles. The van der Waals surface area contributed by atoms with E-state index in [1.54, 1.807) is 6.07 Å². The molecule has 20 aromatic rings. The van der Waals surface area contributed by atoms with E-state index in [-0.39, 0.29) is 11.0 Å². The molecule has 119 heavy (non-hydrogen) atoms. The van der Waals surface area contributed by atoms with E-state index in [0.29, 0.717) is 46.1 Å². The number of para-hydroxylation sites is 2. The summed E-state index contributed by atoms with van der Waals surface area (Å²) in [5, 5.41) is 24.9. The van der Waals surface area contributed by atoms with E-state index in [1.165, 1.54) is 120 Å². The highest BCUT2D eigenvalue weighted by atomic mass is 32.2. The number of hydrogen-bond donors (Lipinski definition) is 1. The van der Waals surface area contributed by atoms with E-state index in [2.05, 4.69) is 249 Å². The van der Waals surface area contributed by atoms with E-state index in [9.17, 15) is 9.65 Å². The van der Waals surface area contributed by atoms with E-state index < -0.39 is 11.2 Å². The van der Waals surface area contributed by atoms with Gasteiger partial charge in [-0.3, -0.25) is 0 Å². The van der Waals surface area contributed by atoms with E-state index >= 15 is 0 Å². The van der Waals surface area contributed by atoms with Crippen molar-refractivity contribution < 1.29 is 4.39 Å². The minimum Gasteiger partial charge on any atom is -0.355 e. The summed E-state index contributed by atoms with van der Waals surface area (Å²) in [6.45, 7) is 0. The molecule has 0 unspecified atom stereocenters. The molecule has 2 aliphatic carbocycles. The van der Waals surface area contributed by atoms with Crippen molar-refractivity contribution in [3.63, 3.8) is 0 Å². The fourth-order valence-electron chi connectivity index (χ4n) is 18.4. The molecule has 0 amide bonds. The molecule has 0 fully saturated rings. The van der Waals surface area contributed by atoms with Crippen molar-refractivity contribution in [3.05, 3.63) is 438 Å². The number of rotatable bonds is 7. The van der Waals surface area contributed by atoms with Gasteiger partial charge in [-0.15, -0.1) is 0 Å². The molecule has 1 N–H and O–H groups in total. The molecule has 2 spiro atoms. The molecule has 0 saturated heterocycles. The van der Waals surface area contributed by atoms with Crippen molar-refractivity contribution in [2.45, 2.75) is 30.4 Å². The number of nitrogens with one attached hydrogen (secondary N) is 1. The number of fused-ring (bicyclic) bond motifs is 24. The number of aromatic nitrogens is 8. The normalized spacial score (nSPS) is 13.0. The summed E-state index contributed by atoms with van der Waals surface area (Å²) in [5.74, 6) is 2.51. The Bertz CT molecular complexity index is 7410. The first-order valence-electron chi connectivity index (χ1n) is 39.4. The fourth-order valence-corrected chi connectivity index (χ4v) is 20.7. The molecule has 16 aromatic carbocycles. The zero-order valence-electron chi connectivity index (χ0n) is 63.5. The predicted molar refractivity (Wildman–Crippen MR) is 475 cm³/mol. The van der Waals surface area contributed by atoms with Crippen LogP contribution in [0.25, 0.3) is 140 Å². The fraction of sp³-hybridized carbons (Fsp3) is 0.0189. The second kappa shape index (κ2) is 28.6. The van der Waals surface area contributed by atoms with Gasteiger partial charge in [0, 0.05) is 85.5 Å². The summed E-state index contributed by atoms with van der Waals surface area (Å²) in [6, 6.07) is 134. The first-order chi connectivity index (χ1) is 58.8. The van der Waals surface area contributed by atoms with Crippen molar-refractivity contribution in [1.82, 2.24) is 39.5 Å². The van der Waals surface area contributed by atoms with Gasteiger partial charge in [-0.1, -0.05) is 303 Å². The molecule has 0 saturated carbocycles. The number of benzene rings is 16. The topological polar surface area (TPSA) is 146 Å². The lowest BCUT2D eigenvalue weighted by atomic mass is 9.67. The molecule has 13 heteroatoms. The van der Waals surface area contributed by atoms with Crippen LogP contribution in [0.1, 0.15) is 55.6 Å². The van der Waals surface area contributed by atoms with Crippen LogP contribution in [-0.4, -0.2) is 39.5 Å². The molecule has 556 valence electrons. The van der Waals surface area contributed by atoms with Crippen LogP contribution in [0.5, 0.6) is 0 Å². The van der Waals surface area contributed by atoms with Gasteiger partial charge in [0.2, 0.25) is 0 Å². The molecule has 6 heterocycles. The number of nitriles is 2. The average molecular weight is 1560 g/mol. The lowest BCUT2D eigenvalue weighted by molar-refractivity contribution is 0.624. The third-order valence-electron chi connectivity index (χ3n) is 23.5. The number of nitrogens with zero attached hydrogens (tertiary/aromatic N) is 9. The molecule has 0 radical (unpaired) electrons. The number of halogens is 1. The second-order valence-electron chi connectivity index (χ2n) is 29.9. The van der Waals surface area contributed by atoms with Crippen LogP contribution in [0.15, 0.2) is 396 Å². The lowest BCUT2D eigenvalue weighted by Crippen LogP contribution is -2.31. The van der Waals surface area contributed by atoms with Crippen LogP contribution in [-0.2, 0) is 10.8 Å². The maximum Gasteiger partial charge on any atom is 0.164 e. The van der Waals surface area contributed by atoms with Gasteiger partial charge in [0.15, 0.2) is 34.9 Å². The summed E-state index contributed by atoms with van der Waals surface area (Å²) < 4.78 is 16.0. The monoisotopic (exact) mass is 1560 g/mol. The molecule has 0 bridgehead atoms. The standard InChI is InChI=1S/C53H31N5S.C31H19NS.C22H13FN4/c54-32-36-29-35(52-56-50(33-15-3-1-4-16-33)55-51(57-52)34-17-5-2-6-18-34)27-28-45(36)58-46-24-12-8-20-38(46)40-30-39-37-19-7-9-21-41(37)53(44(39)31-47(40)58)42-22-10-13-25-48(42)59-49-26-14-11-23-43(49)53;1-3-11-23-19(9-1)21-17-22-20-10-2-6-14-27(20)32-28(22)18-26(21)31(23)24-12-4-7-15-29(24)33-30-16-8-5-13-25(30)31;23-19-12-11-17(13-18(19)14-24)22-26-20(15-7-3-1-4-8-15)25-21(27-22)16-9-5-2-6-10-16/h1-31H;1-18,32H;1-13H. The van der Waals surface area contributed by atoms with Gasteiger partial charge >= 0.3 is 0 Å².